The van der Waals surface area contributed by atoms with Crippen LogP contribution in [0.25, 0.3) is 0 Å². The van der Waals surface area contributed by atoms with Crippen molar-refractivity contribution in [3.8, 4) is 0 Å². The normalized spacial score (nSPS) is 10.3. The predicted octanol–water partition coefficient (Wildman–Crippen LogP) is 5.31. The molecule has 1 amide bonds. The summed E-state index contributed by atoms with van der Waals surface area (Å²) in [5.41, 5.74) is 2.62. The first-order valence-corrected chi connectivity index (χ1v) is 8.37. The van der Waals surface area contributed by atoms with Crippen LogP contribution in [0.1, 0.15) is 5.56 Å². The molecule has 0 atom stereocenters. The number of amides is 1. The topological polar surface area (TPSA) is 54.0 Å². The van der Waals surface area contributed by atoms with Gasteiger partial charge >= 0.3 is 0 Å². The molecule has 0 unspecified atom stereocenters. The van der Waals surface area contributed by atoms with Crippen molar-refractivity contribution < 1.29 is 4.79 Å². The highest BCUT2D eigenvalue weighted by Crippen LogP contribution is 2.19. The van der Waals surface area contributed by atoms with Gasteiger partial charge in [-0.3, -0.25) is 4.79 Å². The molecule has 2 aromatic carbocycles. The first-order valence-electron chi connectivity index (χ1n) is 7.61. The maximum atomic E-state index is 12.1. The van der Waals surface area contributed by atoms with Crippen molar-refractivity contribution >= 4 is 46.3 Å². The molecule has 126 valence electrons. The third-order valence-corrected chi connectivity index (χ3v) is 3.95. The second-order valence-corrected chi connectivity index (χ2v) is 6.29. The Kier molecular flexibility index (Phi) is 5.53. The SMILES string of the molecule is O=C(Cc1ccc(Cl)cc1)Nc1ccc(Nc2ccc(Cl)cc2)cn1. The van der Waals surface area contributed by atoms with E-state index in [1.54, 1.807) is 24.4 Å². The fraction of sp³-hybridized carbons (Fsp3) is 0.0526. The Morgan fingerprint density at radius 3 is 2.04 bits per heavy atom. The van der Waals surface area contributed by atoms with Crippen LogP contribution >= 0.6 is 23.2 Å². The van der Waals surface area contributed by atoms with Crippen molar-refractivity contribution in [2.24, 2.45) is 0 Å². The molecule has 0 aliphatic rings. The summed E-state index contributed by atoms with van der Waals surface area (Å²) >= 11 is 11.7. The van der Waals surface area contributed by atoms with E-state index < -0.39 is 0 Å². The molecule has 0 saturated carbocycles. The Balaban J connectivity index is 1.57. The Bertz CT molecular complexity index is 847. The summed E-state index contributed by atoms with van der Waals surface area (Å²) in [6.45, 7) is 0. The van der Waals surface area contributed by atoms with Gasteiger partial charge in [0.1, 0.15) is 5.82 Å². The lowest BCUT2D eigenvalue weighted by molar-refractivity contribution is -0.115. The van der Waals surface area contributed by atoms with Crippen molar-refractivity contribution in [3.63, 3.8) is 0 Å². The molecule has 2 N–H and O–H groups in total. The lowest BCUT2D eigenvalue weighted by Crippen LogP contribution is -2.15. The second-order valence-electron chi connectivity index (χ2n) is 5.42. The Labute approximate surface area is 155 Å². The molecule has 3 aromatic rings. The van der Waals surface area contributed by atoms with Gasteiger partial charge in [0.05, 0.1) is 18.3 Å². The van der Waals surface area contributed by atoms with Gasteiger partial charge < -0.3 is 10.6 Å². The zero-order valence-electron chi connectivity index (χ0n) is 13.2. The lowest BCUT2D eigenvalue weighted by Gasteiger charge is -2.08. The quantitative estimate of drug-likeness (QED) is 0.638. The summed E-state index contributed by atoms with van der Waals surface area (Å²) < 4.78 is 0. The molecule has 4 nitrogen and oxygen atoms in total. The van der Waals surface area contributed by atoms with E-state index >= 15 is 0 Å². The van der Waals surface area contributed by atoms with Gasteiger partial charge in [0.25, 0.3) is 0 Å². The summed E-state index contributed by atoms with van der Waals surface area (Å²) in [5, 5.41) is 7.32. The maximum Gasteiger partial charge on any atom is 0.229 e. The zero-order valence-corrected chi connectivity index (χ0v) is 14.7. The molecule has 0 radical (unpaired) electrons. The summed E-state index contributed by atoms with van der Waals surface area (Å²) in [6.07, 6.45) is 1.93. The first-order chi connectivity index (χ1) is 12.1. The number of nitrogens with one attached hydrogen (secondary N) is 2. The van der Waals surface area contributed by atoms with Crippen LogP contribution in [0.15, 0.2) is 66.9 Å². The van der Waals surface area contributed by atoms with Gasteiger partial charge in [-0.25, -0.2) is 4.98 Å². The van der Waals surface area contributed by atoms with E-state index in [0.717, 1.165) is 16.9 Å². The van der Waals surface area contributed by atoms with Gasteiger partial charge in [-0.05, 0) is 54.1 Å². The van der Waals surface area contributed by atoms with Crippen LogP contribution in [0.3, 0.4) is 0 Å². The predicted molar refractivity (Wildman–Crippen MR) is 103 cm³/mol. The molecular formula is C19H15Cl2N3O. The Hall–Kier alpha value is -2.56. The standard InChI is InChI=1S/C19H15Cl2N3O/c20-14-3-1-13(2-4-14)11-19(25)24-18-10-9-17(12-22-18)23-16-7-5-15(21)6-8-16/h1-10,12,23H,11H2,(H,22,24,25). The molecule has 1 heterocycles. The number of anilines is 3. The molecule has 0 saturated heterocycles. The van der Waals surface area contributed by atoms with E-state index in [0.29, 0.717) is 15.9 Å². The van der Waals surface area contributed by atoms with Crippen molar-refractivity contribution in [1.29, 1.82) is 0 Å². The van der Waals surface area contributed by atoms with Crippen LogP contribution in [-0.4, -0.2) is 10.9 Å². The average Bonchev–Trinajstić information content (AvgIpc) is 2.61. The van der Waals surface area contributed by atoms with Crippen LogP contribution in [0, 0.1) is 0 Å². The molecule has 0 fully saturated rings. The second kappa shape index (κ2) is 8.01. The van der Waals surface area contributed by atoms with Crippen LogP contribution in [0.4, 0.5) is 17.2 Å². The van der Waals surface area contributed by atoms with Gasteiger partial charge in [0, 0.05) is 15.7 Å². The summed E-state index contributed by atoms with van der Waals surface area (Å²) in [7, 11) is 0. The minimum Gasteiger partial charge on any atom is -0.354 e. The molecule has 3 rings (SSSR count). The molecule has 1 aromatic heterocycles. The molecule has 25 heavy (non-hydrogen) atoms. The highest BCUT2D eigenvalue weighted by atomic mass is 35.5. The largest absolute Gasteiger partial charge is 0.354 e. The maximum absolute atomic E-state index is 12.1. The summed E-state index contributed by atoms with van der Waals surface area (Å²) in [5.74, 6) is 0.369. The van der Waals surface area contributed by atoms with Gasteiger partial charge in [-0.1, -0.05) is 35.3 Å². The molecular weight excluding hydrogens is 357 g/mol. The van der Waals surface area contributed by atoms with E-state index in [1.807, 2.05) is 42.5 Å². The number of benzene rings is 2. The van der Waals surface area contributed by atoms with Crippen LogP contribution in [-0.2, 0) is 11.2 Å². The minimum absolute atomic E-state index is 0.131. The summed E-state index contributed by atoms with van der Waals surface area (Å²) in [6, 6.07) is 18.2. The van der Waals surface area contributed by atoms with Crippen molar-refractivity contribution in [2.75, 3.05) is 10.6 Å². The van der Waals surface area contributed by atoms with E-state index in [4.69, 9.17) is 23.2 Å². The number of carbonyl (C=O) groups excluding carboxylic acids is 1. The number of nitrogens with zero attached hydrogens (tertiary/aromatic N) is 1. The smallest absolute Gasteiger partial charge is 0.229 e. The third kappa shape index (κ3) is 5.21. The molecule has 0 aliphatic heterocycles. The first kappa shape index (κ1) is 17.3. The number of hydrogen-bond acceptors (Lipinski definition) is 3. The fourth-order valence-electron chi connectivity index (χ4n) is 2.22. The number of halogens is 2. The van der Waals surface area contributed by atoms with Gasteiger partial charge in [0.2, 0.25) is 5.91 Å². The molecule has 0 aliphatic carbocycles. The van der Waals surface area contributed by atoms with E-state index in [1.165, 1.54) is 0 Å². The summed E-state index contributed by atoms with van der Waals surface area (Å²) in [4.78, 5) is 16.3. The van der Waals surface area contributed by atoms with Crippen LogP contribution in [0.2, 0.25) is 10.0 Å². The number of rotatable bonds is 5. The van der Waals surface area contributed by atoms with Gasteiger partial charge in [-0.2, -0.15) is 0 Å². The van der Waals surface area contributed by atoms with E-state index in [9.17, 15) is 4.79 Å². The van der Waals surface area contributed by atoms with Gasteiger partial charge in [0.15, 0.2) is 0 Å². The van der Waals surface area contributed by atoms with Crippen LogP contribution < -0.4 is 10.6 Å². The number of aromatic nitrogens is 1. The lowest BCUT2D eigenvalue weighted by atomic mass is 10.1. The molecule has 6 heteroatoms. The van der Waals surface area contributed by atoms with Gasteiger partial charge in [-0.15, -0.1) is 0 Å². The average molecular weight is 372 g/mol. The molecule has 0 bridgehead atoms. The Morgan fingerprint density at radius 1 is 0.840 bits per heavy atom. The van der Waals surface area contributed by atoms with E-state index in [-0.39, 0.29) is 12.3 Å². The fourth-order valence-corrected chi connectivity index (χ4v) is 2.47. The minimum atomic E-state index is -0.131. The number of carbonyl (C=O) groups is 1. The van der Waals surface area contributed by atoms with Crippen molar-refractivity contribution in [1.82, 2.24) is 4.98 Å². The van der Waals surface area contributed by atoms with Crippen molar-refractivity contribution in [3.05, 3.63) is 82.5 Å². The van der Waals surface area contributed by atoms with E-state index in [2.05, 4.69) is 15.6 Å². The van der Waals surface area contributed by atoms with Crippen LogP contribution in [0.5, 0.6) is 0 Å². The molecule has 0 spiro atoms. The Morgan fingerprint density at radius 2 is 1.44 bits per heavy atom. The number of hydrogen-bond donors (Lipinski definition) is 2. The zero-order chi connectivity index (χ0) is 17.6. The van der Waals surface area contributed by atoms with Crippen molar-refractivity contribution in [2.45, 2.75) is 6.42 Å². The highest BCUT2D eigenvalue weighted by molar-refractivity contribution is 6.30. The monoisotopic (exact) mass is 371 g/mol. The highest BCUT2D eigenvalue weighted by Gasteiger charge is 2.05. The number of pyridine rings is 1. The third-order valence-electron chi connectivity index (χ3n) is 3.44.